The van der Waals surface area contributed by atoms with E-state index in [4.69, 9.17) is 47.4 Å². The molecule has 55 heavy (non-hydrogen) atoms. The lowest BCUT2D eigenvalue weighted by Gasteiger charge is -2.46. The summed E-state index contributed by atoms with van der Waals surface area (Å²) in [4.78, 5) is 27.6. The normalized spacial score (nSPS) is 44.4. The first kappa shape index (κ1) is 43.3. The van der Waals surface area contributed by atoms with E-state index in [0.29, 0.717) is 0 Å². The summed E-state index contributed by atoms with van der Waals surface area (Å²) in [5, 5.41) is 83.7. The zero-order chi connectivity index (χ0) is 40.3. The molecule has 0 aromatic heterocycles. The number of aliphatic hydroxyl groups excluding tert-OH is 8. The number of methoxy groups -OCH3 is 3. The number of ether oxygens (including phenoxy) is 10. The van der Waals surface area contributed by atoms with Crippen LogP contribution in [-0.4, -0.2) is 174 Å². The maximum absolute atomic E-state index is 14.2. The topological polar surface area (TPSA) is 288 Å². The Kier molecular flexibility index (Phi) is 14.7. The average Bonchev–Trinajstić information content (AvgIpc) is 3.49. The van der Waals surface area contributed by atoms with Crippen molar-refractivity contribution in [1.29, 1.82) is 0 Å². The van der Waals surface area contributed by atoms with Gasteiger partial charge in [-0.15, -0.1) is 6.58 Å². The summed E-state index contributed by atoms with van der Waals surface area (Å²) in [5.74, 6) is -5.75. The fourth-order valence-corrected chi connectivity index (χ4v) is 7.83. The molecule has 8 N–H and O–H groups in total. The molecule has 1 aliphatic carbocycles. The van der Waals surface area contributed by atoms with Crippen molar-refractivity contribution in [3.8, 4) is 0 Å². The van der Waals surface area contributed by atoms with Crippen LogP contribution in [0, 0.1) is 29.6 Å². The predicted octanol–water partition coefficient (Wildman–Crippen LogP) is -3.12. The van der Waals surface area contributed by atoms with Crippen molar-refractivity contribution < 1.29 is 97.8 Å². The van der Waals surface area contributed by atoms with E-state index in [1.807, 2.05) is 6.92 Å². The van der Waals surface area contributed by atoms with Crippen molar-refractivity contribution in [3.63, 3.8) is 0 Å². The van der Waals surface area contributed by atoms with Gasteiger partial charge in [0, 0.05) is 38.4 Å². The molecule has 4 heterocycles. The second-order valence-corrected chi connectivity index (χ2v) is 14.1. The van der Waals surface area contributed by atoms with Gasteiger partial charge in [0.15, 0.2) is 18.9 Å². The molecule has 20 nitrogen and oxygen atoms in total. The minimum atomic E-state index is -1.97. The zero-order valence-corrected chi connectivity index (χ0v) is 30.7. The molecule has 3 fully saturated rings. The number of aliphatic hydroxyl groups is 8. The summed E-state index contributed by atoms with van der Waals surface area (Å²) in [6.45, 7) is 4.15. The highest BCUT2D eigenvalue weighted by Crippen LogP contribution is 2.47. The minimum absolute atomic E-state index is 0.0251. The van der Waals surface area contributed by atoms with Crippen molar-refractivity contribution in [1.82, 2.24) is 0 Å². The van der Waals surface area contributed by atoms with Gasteiger partial charge in [0.2, 0.25) is 12.6 Å². The molecule has 18 atom stereocenters. The van der Waals surface area contributed by atoms with Gasteiger partial charge in [-0.1, -0.05) is 13.0 Å². The Labute approximate surface area is 316 Å². The van der Waals surface area contributed by atoms with Crippen LogP contribution in [0.1, 0.15) is 19.8 Å². The van der Waals surface area contributed by atoms with Gasteiger partial charge in [0.1, 0.15) is 54.9 Å². The second-order valence-electron chi connectivity index (χ2n) is 14.1. The van der Waals surface area contributed by atoms with E-state index in [9.17, 15) is 50.4 Å². The fraction of sp³-hybridized carbons (Fsp3) is 0.771. The summed E-state index contributed by atoms with van der Waals surface area (Å²) in [6.07, 6.45) is -19.3. The number of esters is 2. The maximum atomic E-state index is 14.2. The van der Waals surface area contributed by atoms with E-state index >= 15 is 0 Å². The number of allylic oxidation sites excluding steroid dienone is 1. The first-order chi connectivity index (χ1) is 26.2. The molecular weight excluding hydrogens is 740 g/mol. The number of carbonyl (C=O) groups excluding carboxylic acids is 2. The number of fused-ring (bicyclic) bond motifs is 4. The Morgan fingerprint density at radius 2 is 1.36 bits per heavy atom. The largest absolute Gasteiger partial charge is 0.471 e. The molecule has 4 aliphatic heterocycles. The van der Waals surface area contributed by atoms with Crippen LogP contribution in [0.5, 0.6) is 0 Å². The Morgan fingerprint density at radius 3 is 1.84 bits per heavy atom. The fourth-order valence-electron chi connectivity index (χ4n) is 7.83. The molecule has 0 aromatic carbocycles. The number of rotatable bonds is 12. The SMILES string of the molecule is C=C[C@H]1[C@H](C)[C@@H]2C[C@@H]1/C(C(=O)OC)=C\O[C@H](O[C@@H]1O[C@H](CO)[C@@H](O)[C@H](O)[C@H]1O)[C@H]1[C@H](O[C@@H]3O[C@H](CO)[C@@H](O)[C@H](O)[C@H]3O)OC=C(C(=O)O2)[C@H]1CC(OC)OC. The smallest absolute Gasteiger partial charge is 0.337 e. The van der Waals surface area contributed by atoms with Crippen LogP contribution in [-0.2, 0) is 57.0 Å². The van der Waals surface area contributed by atoms with Gasteiger partial charge in [0.05, 0.1) is 49.9 Å². The molecule has 5 aliphatic rings. The highest BCUT2D eigenvalue weighted by atomic mass is 16.8. The van der Waals surface area contributed by atoms with Crippen LogP contribution >= 0.6 is 0 Å². The van der Waals surface area contributed by atoms with Crippen LogP contribution in [0.2, 0.25) is 0 Å². The molecular formula is C35H52O20. The van der Waals surface area contributed by atoms with Gasteiger partial charge in [-0.05, 0) is 12.3 Å². The van der Waals surface area contributed by atoms with Crippen LogP contribution in [0.3, 0.4) is 0 Å². The standard InChI is InChI=1S/C35H52O20/c1-6-14-13(2)19-7-15(14)17(30(44)48-5)11-49-32(54-34-28(42)26(40)24(38)20(9-36)52-34)23-16(8-22(46-3)47-4)18(31(45)51-19)12-50-33(23)55-35-29(43)27(41)25(39)21(10-37)53-35/h6,11-16,19-29,32-43H,1,7-10H2,2-5H3/b17-11+/t13-,14-,15-,16+,19-,20+,21+,23-,24+,25+,26-,27-,28+,29+,32+,33-,34-,35-/m0/s1. The summed E-state index contributed by atoms with van der Waals surface area (Å²) >= 11 is 0. The van der Waals surface area contributed by atoms with Gasteiger partial charge in [-0.25, -0.2) is 9.59 Å². The summed E-state index contributed by atoms with van der Waals surface area (Å²) in [7, 11) is 3.83. The van der Waals surface area contributed by atoms with E-state index in [0.717, 1.165) is 19.6 Å². The van der Waals surface area contributed by atoms with E-state index in [2.05, 4.69) is 6.58 Å². The molecule has 2 saturated heterocycles. The van der Waals surface area contributed by atoms with Crippen molar-refractivity contribution in [2.24, 2.45) is 29.6 Å². The van der Waals surface area contributed by atoms with Crippen molar-refractivity contribution in [2.75, 3.05) is 34.5 Å². The van der Waals surface area contributed by atoms with E-state index in [-0.39, 0.29) is 29.9 Å². The summed E-state index contributed by atoms with van der Waals surface area (Å²) < 4.78 is 57.9. The number of carbonyl (C=O) groups is 2. The zero-order valence-electron chi connectivity index (χ0n) is 30.7. The first-order valence-corrected chi connectivity index (χ1v) is 17.8. The molecule has 1 saturated carbocycles. The average molecular weight is 793 g/mol. The van der Waals surface area contributed by atoms with Gasteiger partial charge in [-0.2, -0.15) is 0 Å². The van der Waals surface area contributed by atoms with Crippen molar-refractivity contribution in [2.45, 2.75) is 106 Å². The quantitative estimate of drug-likeness (QED) is 0.0551. The van der Waals surface area contributed by atoms with Crippen LogP contribution in [0.4, 0.5) is 0 Å². The van der Waals surface area contributed by atoms with Gasteiger partial charge in [0.25, 0.3) is 0 Å². The molecule has 0 unspecified atom stereocenters. The van der Waals surface area contributed by atoms with Gasteiger partial charge >= 0.3 is 11.9 Å². The lowest BCUT2D eigenvalue weighted by atomic mass is 9.80. The van der Waals surface area contributed by atoms with Crippen LogP contribution in [0.25, 0.3) is 0 Å². The molecule has 312 valence electrons. The highest BCUT2D eigenvalue weighted by Gasteiger charge is 2.55. The van der Waals surface area contributed by atoms with Gasteiger partial charge in [-0.3, -0.25) is 0 Å². The summed E-state index contributed by atoms with van der Waals surface area (Å²) in [6, 6.07) is 0. The van der Waals surface area contributed by atoms with E-state index in [1.165, 1.54) is 14.2 Å². The Balaban J connectivity index is 1.68. The second kappa shape index (κ2) is 18.6. The molecule has 5 rings (SSSR count). The first-order valence-electron chi connectivity index (χ1n) is 17.8. The highest BCUT2D eigenvalue weighted by molar-refractivity contribution is 5.90. The van der Waals surface area contributed by atoms with E-state index < -0.39 is 135 Å². The number of hydrogen-bond acceptors (Lipinski definition) is 20. The monoisotopic (exact) mass is 792 g/mol. The Morgan fingerprint density at radius 1 is 0.836 bits per heavy atom. The number of hydrogen-bond donors (Lipinski definition) is 8. The molecule has 20 heteroatoms. The molecule has 0 amide bonds. The third-order valence-electron chi connectivity index (χ3n) is 11.1. The maximum Gasteiger partial charge on any atom is 0.337 e. The molecule has 0 spiro atoms. The third-order valence-corrected chi connectivity index (χ3v) is 11.1. The minimum Gasteiger partial charge on any atom is -0.471 e. The van der Waals surface area contributed by atoms with Crippen molar-refractivity contribution in [3.05, 3.63) is 36.3 Å². The van der Waals surface area contributed by atoms with Crippen LogP contribution in [0.15, 0.2) is 36.3 Å². The van der Waals surface area contributed by atoms with Crippen LogP contribution < -0.4 is 0 Å². The van der Waals surface area contributed by atoms with Gasteiger partial charge < -0.3 is 88.2 Å². The van der Waals surface area contributed by atoms with Crippen molar-refractivity contribution >= 4 is 11.9 Å². The van der Waals surface area contributed by atoms with E-state index in [1.54, 1.807) is 6.08 Å². The lowest BCUT2D eigenvalue weighted by molar-refractivity contribution is -0.373. The Hall–Kier alpha value is -2.80. The molecule has 4 bridgehead atoms. The molecule has 0 aromatic rings. The Bertz CT molecular complexity index is 1380. The lowest BCUT2D eigenvalue weighted by Crippen LogP contribution is -2.62. The summed E-state index contributed by atoms with van der Waals surface area (Å²) in [5.41, 5.74) is -0.129. The predicted molar refractivity (Wildman–Crippen MR) is 178 cm³/mol. The molecule has 0 radical (unpaired) electrons. The third kappa shape index (κ3) is 8.72.